The zero-order chi connectivity index (χ0) is 23.9. The Hall–Kier alpha value is -2.70. The summed E-state index contributed by atoms with van der Waals surface area (Å²) in [7, 11) is 0. The number of benzene rings is 2. The number of amides is 1. The molecular weight excluding hydrogens is 451 g/mol. The molecule has 1 aliphatic rings. The van der Waals surface area contributed by atoms with Crippen molar-refractivity contribution in [3.63, 3.8) is 0 Å². The molecule has 0 radical (unpaired) electrons. The highest BCUT2D eigenvalue weighted by Gasteiger charge is 2.47. The zero-order valence-electron chi connectivity index (χ0n) is 16.2. The molecule has 0 aromatic heterocycles. The van der Waals surface area contributed by atoms with Crippen molar-refractivity contribution in [1.82, 2.24) is 5.32 Å². The Morgan fingerprint density at radius 2 is 1.59 bits per heavy atom. The van der Waals surface area contributed by atoms with E-state index in [0.717, 1.165) is 31.2 Å². The second-order valence-corrected chi connectivity index (χ2v) is 7.08. The monoisotopic (exact) mass is 467 g/mol. The van der Waals surface area contributed by atoms with E-state index in [1.807, 2.05) is 0 Å². The molecule has 3 rings (SSSR count). The van der Waals surface area contributed by atoms with Gasteiger partial charge < -0.3 is 19.9 Å². The van der Waals surface area contributed by atoms with Crippen LogP contribution in [0.15, 0.2) is 42.5 Å². The number of hydrogen-bond acceptors (Lipinski definition) is 4. The first-order valence-corrected chi connectivity index (χ1v) is 9.06. The predicted octanol–water partition coefficient (Wildman–Crippen LogP) is 4.26. The van der Waals surface area contributed by atoms with E-state index >= 15 is 0 Å². The van der Waals surface area contributed by atoms with E-state index in [0.29, 0.717) is 12.1 Å². The summed E-state index contributed by atoms with van der Waals surface area (Å²) >= 11 is 0. The first-order chi connectivity index (χ1) is 14.7. The van der Waals surface area contributed by atoms with E-state index in [2.05, 4.69) is 5.32 Å². The summed E-state index contributed by atoms with van der Waals surface area (Å²) in [5.74, 6) is -1.43. The summed E-state index contributed by atoms with van der Waals surface area (Å²) in [6.07, 6.45) is -13.3. The maximum atomic E-state index is 13.2. The molecule has 1 aliphatic heterocycles. The molecule has 1 fully saturated rings. The van der Waals surface area contributed by atoms with Crippen LogP contribution in [0, 0.1) is 5.82 Å². The predicted molar refractivity (Wildman–Crippen MR) is 94.1 cm³/mol. The first-order valence-electron chi connectivity index (χ1n) is 9.06. The topological polar surface area (TPSA) is 67.8 Å². The highest BCUT2D eigenvalue weighted by Crippen LogP contribution is 2.39. The molecule has 0 bridgehead atoms. The van der Waals surface area contributed by atoms with Crippen molar-refractivity contribution < 1.29 is 50.1 Å². The van der Waals surface area contributed by atoms with E-state index in [1.54, 1.807) is 0 Å². The van der Waals surface area contributed by atoms with Crippen LogP contribution in [0.2, 0.25) is 0 Å². The van der Waals surface area contributed by atoms with E-state index in [-0.39, 0.29) is 11.6 Å². The number of rotatable bonds is 4. The number of morpholine rings is 1. The van der Waals surface area contributed by atoms with Crippen LogP contribution < -0.4 is 5.32 Å². The molecule has 0 saturated carbocycles. The van der Waals surface area contributed by atoms with Crippen LogP contribution in [0.5, 0.6) is 0 Å². The van der Waals surface area contributed by atoms with E-state index in [9.17, 15) is 40.6 Å². The number of halogens is 7. The Balaban J connectivity index is 1.96. The number of aliphatic hydroxyl groups is 1. The average molecular weight is 467 g/mol. The lowest BCUT2D eigenvalue weighted by Gasteiger charge is -2.40. The molecule has 2 aromatic rings. The van der Waals surface area contributed by atoms with Gasteiger partial charge in [0.1, 0.15) is 12.4 Å². The van der Waals surface area contributed by atoms with Crippen LogP contribution in [0.1, 0.15) is 35.3 Å². The number of ether oxygens (including phenoxy) is 2. The lowest BCUT2D eigenvalue weighted by atomic mass is 9.99. The van der Waals surface area contributed by atoms with Gasteiger partial charge in [-0.15, -0.1) is 0 Å². The van der Waals surface area contributed by atoms with Gasteiger partial charge in [0.05, 0.1) is 17.2 Å². The van der Waals surface area contributed by atoms with Gasteiger partial charge in [0, 0.05) is 5.56 Å². The molecule has 5 nitrogen and oxygen atoms in total. The molecule has 1 saturated heterocycles. The van der Waals surface area contributed by atoms with Crippen molar-refractivity contribution in [2.24, 2.45) is 0 Å². The van der Waals surface area contributed by atoms with Gasteiger partial charge in [0.2, 0.25) is 17.9 Å². The van der Waals surface area contributed by atoms with Gasteiger partial charge in [0.15, 0.2) is 0 Å². The second kappa shape index (κ2) is 8.34. The smallest absolute Gasteiger partial charge is 0.363 e. The van der Waals surface area contributed by atoms with Crippen LogP contribution in [-0.4, -0.2) is 23.9 Å². The quantitative estimate of drug-likeness (QED) is 0.660. The van der Waals surface area contributed by atoms with Gasteiger partial charge in [-0.2, -0.15) is 26.3 Å². The number of nitrogens with one attached hydrogen (secondary N) is 1. The van der Waals surface area contributed by atoms with Crippen LogP contribution >= 0.6 is 0 Å². The van der Waals surface area contributed by atoms with E-state index < -0.39 is 65.5 Å². The SMILES string of the molecule is C[C@@H](O[C@H]1OCC(=O)N[C@]1(O)c1ccc(F)cc1)c1cc(C(F)(F)F)cc(C(F)(F)F)c1. The van der Waals surface area contributed by atoms with Gasteiger partial charge in [0.25, 0.3) is 0 Å². The minimum atomic E-state index is -5.06. The Kier molecular flexibility index (Phi) is 6.24. The van der Waals surface area contributed by atoms with Crippen molar-refractivity contribution in [2.75, 3.05) is 6.61 Å². The second-order valence-electron chi connectivity index (χ2n) is 7.08. The van der Waals surface area contributed by atoms with Gasteiger partial charge >= 0.3 is 12.4 Å². The lowest BCUT2D eigenvalue weighted by Crippen LogP contribution is -2.61. The summed E-state index contributed by atoms with van der Waals surface area (Å²) in [5, 5.41) is 13.2. The van der Waals surface area contributed by atoms with Gasteiger partial charge in [-0.3, -0.25) is 4.79 Å². The van der Waals surface area contributed by atoms with Gasteiger partial charge in [-0.25, -0.2) is 4.39 Å². The lowest BCUT2D eigenvalue weighted by molar-refractivity contribution is -0.282. The van der Waals surface area contributed by atoms with Crippen LogP contribution in [0.25, 0.3) is 0 Å². The number of hydrogen-bond donors (Lipinski definition) is 2. The van der Waals surface area contributed by atoms with Crippen molar-refractivity contribution in [3.05, 3.63) is 70.5 Å². The number of alkyl halides is 6. The molecule has 0 aliphatic carbocycles. The first kappa shape index (κ1) is 24.0. The molecule has 3 atom stereocenters. The molecule has 1 amide bonds. The maximum Gasteiger partial charge on any atom is 0.416 e. The molecule has 2 aromatic carbocycles. The molecule has 12 heteroatoms. The molecule has 0 spiro atoms. The third-order valence-corrected chi connectivity index (χ3v) is 4.73. The zero-order valence-corrected chi connectivity index (χ0v) is 16.2. The summed E-state index contributed by atoms with van der Waals surface area (Å²) in [6.45, 7) is 0.553. The van der Waals surface area contributed by atoms with Crippen LogP contribution in [-0.2, 0) is 32.3 Å². The minimum Gasteiger partial charge on any atom is -0.363 e. The summed E-state index contributed by atoms with van der Waals surface area (Å²) in [5.41, 5.74) is -6.03. The maximum absolute atomic E-state index is 13.2. The number of carbonyl (C=O) groups excluding carboxylic acids is 1. The summed E-state index contributed by atoms with van der Waals surface area (Å²) in [4.78, 5) is 11.8. The highest BCUT2D eigenvalue weighted by molar-refractivity contribution is 5.78. The molecule has 0 unspecified atom stereocenters. The average Bonchev–Trinajstić information content (AvgIpc) is 2.69. The largest absolute Gasteiger partial charge is 0.416 e. The number of carbonyl (C=O) groups is 1. The fourth-order valence-corrected chi connectivity index (χ4v) is 3.11. The van der Waals surface area contributed by atoms with Gasteiger partial charge in [-0.1, -0.05) is 12.1 Å². The summed E-state index contributed by atoms with van der Waals surface area (Å²) in [6, 6.07) is 5.10. The van der Waals surface area contributed by atoms with Gasteiger partial charge in [-0.05, 0) is 42.8 Å². The Morgan fingerprint density at radius 3 is 2.09 bits per heavy atom. The molecular formula is C20H16F7NO4. The molecule has 1 heterocycles. The van der Waals surface area contributed by atoms with Crippen molar-refractivity contribution in [3.8, 4) is 0 Å². The third-order valence-electron chi connectivity index (χ3n) is 4.73. The normalized spacial score (nSPS) is 23.0. The fraction of sp³-hybridized carbons (Fsp3) is 0.350. The third kappa shape index (κ3) is 5.03. The van der Waals surface area contributed by atoms with Crippen molar-refractivity contribution in [1.29, 1.82) is 0 Å². The highest BCUT2D eigenvalue weighted by atomic mass is 19.4. The van der Waals surface area contributed by atoms with Crippen molar-refractivity contribution >= 4 is 5.91 Å². The minimum absolute atomic E-state index is 0.0254. The molecule has 2 N–H and O–H groups in total. The standard InChI is InChI=1S/C20H16F7NO4/c1-10(11-6-13(19(22,23)24)8-14(7-11)20(25,26)27)32-17-18(30,28-16(29)9-31-17)12-2-4-15(21)5-3-12/h2-8,10,17,30H,9H2,1H3,(H,28,29)/t10-,17-,18+/m1/s1. The van der Waals surface area contributed by atoms with Crippen LogP contribution in [0.4, 0.5) is 30.7 Å². The van der Waals surface area contributed by atoms with E-state index in [1.165, 1.54) is 0 Å². The molecule has 174 valence electrons. The van der Waals surface area contributed by atoms with Crippen molar-refractivity contribution in [2.45, 2.75) is 37.4 Å². The Bertz CT molecular complexity index is 959. The fourth-order valence-electron chi connectivity index (χ4n) is 3.11. The summed E-state index contributed by atoms with van der Waals surface area (Å²) < 4.78 is 103. The van der Waals surface area contributed by atoms with Crippen LogP contribution in [0.3, 0.4) is 0 Å². The Morgan fingerprint density at radius 1 is 1.06 bits per heavy atom. The Labute approximate surface area is 176 Å². The van der Waals surface area contributed by atoms with E-state index in [4.69, 9.17) is 9.47 Å². The molecule has 32 heavy (non-hydrogen) atoms.